The van der Waals surface area contributed by atoms with Crippen molar-refractivity contribution in [3.8, 4) is 11.5 Å². The molecule has 0 unspecified atom stereocenters. The predicted molar refractivity (Wildman–Crippen MR) is 87.8 cm³/mol. The molecule has 0 bridgehead atoms. The SMILES string of the molecule is COc1cc(CNC(=O)Nc2c(F)cccc2F)ccc1OCCO. The minimum Gasteiger partial charge on any atom is -0.493 e. The van der Waals surface area contributed by atoms with Gasteiger partial charge in [-0.3, -0.25) is 0 Å². The monoisotopic (exact) mass is 352 g/mol. The summed E-state index contributed by atoms with van der Waals surface area (Å²) in [4.78, 5) is 11.8. The molecular weight excluding hydrogens is 334 g/mol. The molecule has 2 amide bonds. The number of methoxy groups -OCH3 is 1. The van der Waals surface area contributed by atoms with Gasteiger partial charge < -0.3 is 25.2 Å². The van der Waals surface area contributed by atoms with Gasteiger partial charge in [0.05, 0.1) is 13.7 Å². The van der Waals surface area contributed by atoms with E-state index in [0.717, 1.165) is 12.1 Å². The van der Waals surface area contributed by atoms with E-state index in [4.69, 9.17) is 14.6 Å². The number of anilines is 1. The third-order valence-corrected chi connectivity index (χ3v) is 3.23. The number of nitrogens with one attached hydrogen (secondary N) is 2. The van der Waals surface area contributed by atoms with E-state index >= 15 is 0 Å². The van der Waals surface area contributed by atoms with Gasteiger partial charge in [0.15, 0.2) is 11.5 Å². The molecule has 6 nitrogen and oxygen atoms in total. The largest absolute Gasteiger partial charge is 0.493 e. The molecule has 8 heteroatoms. The molecule has 0 aliphatic carbocycles. The first-order valence-corrected chi connectivity index (χ1v) is 7.44. The number of para-hydroxylation sites is 1. The van der Waals surface area contributed by atoms with Crippen molar-refractivity contribution < 1.29 is 28.2 Å². The first-order chi connectivity index (χ1) is 12.0. The summed E-state index contributed by atoms with van der Waals surface area (Å²) in [5.74, 6) is -0.823. The summed E-state index contributed by atoms with van der Waals surface area (Å²) in [7, 11) is 1.46. The fourth-order valence-electron chi connectivity index (χ4n) is 2.05. The van der Waals surface area contributed by atoms with Crippen LogP contribution in [0.5, 0.6) is 11.5 Å². The van der Waals surface area contributed by atoms with Crippen molar-refractivity contribution in [1.29, 1.82) is 0 Å². The molecule has 2 aromatic rings. The molecule has 0 saturated heterocycles. The highest BCUT2D eigenvalue weighted by Crippen LogP contribution is 2.28. The van der Waals surface area contributed by atoms with Gasteiger partial charge in [0.25, 0.3) is 0 Å². The maximum absolute atomic E-state index is 13.5. The van der Waals surface area contributed by atoms with E-state index in [1.165, 1.54) is 13.2 Å². The lowest BCUT2D eigenvalue weighted by Crippen LogP contribution is -2.29. The average Bonchev–Trinajstić information content (AvgIpc) is 2.61. The minimum atomic E-state index is -0.859. The Bertz CT molecular complexity index is 720. The Hall–Kier alpha value is -2.87. The van der Waals surface area contributed by atoms with Crippen molar-refractivity contribution in [3.05, 3.63) is 53.6 Å². The number of urea groups is 1. The molecular formula is C17H18F2N2O4. The first-order valence-electron chi connectivity index (χ1n) is 7.44. The topological polar surface area (TPSA) is 79.8 Å². The third kappa shape index (κ3) is 5.05. The molecule has 2 rings (SSSR count). The molecule has 2 aromatic carbocycles. The summed E-state index contributed by atoms with van der Waals surface area (Å²) >= 11 is 0. The number of halogens is 2. The first kappa shape index (κ1) is 18.5. The van der Waals surface area contributed by atoms with Gasteiger partial charge in [-0.15, -0.1) is 0 Å². The lowest BCUT2D eigenvalue weighted by molar-refractivity contribution is 0.196. The number of carbonyl (C=O) groups is 1. The van der Waals surface area contributed by atoms with Crippen LogP contribution in [0.4, 0.5) is 19.3 Å². The molecule has 0 atom stereocenters. The van der Waals surface area contributed by atoms with Crippen molar-refractivity contribution in [2.75, 3.05) is 25.6 Å². The van der Waals surface area contributed by atoms with Crippen molar-refractivity contribution in [2.24, 2.45) is 0 Å². The summed E-state index contributed by atoms with van der Waals surface area (Å²) < 4.78 is 37.5. The molecule has 0 saturated carbocycles. The minimum absolute atomic E-state index is 0.110. The third-order valence-electron chi connectivity index (χ3n) is 3.23. The summed E-state index contributed by atoms with van der Waals surface area (Å²) in [6.07, 6.45) is 0. The molecule has 0 spiro atoms. The maximum Gasteiger partial charge on any atom is 0.319 e. The van der Waals surface area contributed by atoms with Gasteiger partial charge in [0, 0.05) is 6.54 Å². The summed E-state index contributed by atoms with van der Waals surface area (Å²) in [6, 6.07) is 7.54. The fourth-order valence-corrected chi connectivity index (χ4v) is 2.05. The average molecular weight is 352 g/mol. The molecule has 0 aliphatic rings. The molecule has 0 aliphatic heterocycles. The molecule has 0 fully saturated rings. The molecule has 0 heterocycles. The van der Waals surface area contributed by atoms with Gasteiger partial charge in [-0.25, -0.2) is 13.6 Å². The number of aliphatic hydroxyl groups excluding tert-OH is 1. The van der Waals surface area contributed by atoms with E-state index < -0.39 is 23.4 Å². The second kappa shape index (κ2) is 8.84. The van der Waals surface area contributed by atoms with Crippen LogP contribution in [0.2, 0.25) is 0 Å². The number of amides is 2. The van der Waals surface area contributed by atoms with Crippen LogP contribution in [-0.4, -0.2) is 31.5 Å². The Kier molecular flexibility index (Phi) is 6.53. The van der Waals surface area contributed by atoms with Gasteiger partial charge in [-0.1, -0.05) is 12.1 Å². The zero-order valence-corrected chi connectivity index (χ0v) is 13.5. The Balaban J connectivity index is 1.97. The van der Waals surface area contributed by atoms with Crippen molar-refractivity contribution in [2.45, 2.75) is 6.54 Å². The maximum atomic E-state index is 13.5. The zero-order chi connectivity index (χ0) is 18.2. The number of rotatable bonds is 7. The summed E-state index contributed by atoms with van der Waals surface area (Å²) in [6.45, 7) is 0.113. The Morgan fingerprint density at radius 3 is 2.52 bits per heavy atom. The van der Waals surface area contributed by atoms with Gasteiger partial charge in [-0.05, 0) is 29.8 Å². The normalized spacial score (nSPS) is 10.2. The van der Waals surface area contributed by atoms with Crippen molar-refractivity contribution in [1.82, 2.24) is 5.32 Å². The Morgan fingerprint density at radius 2 is 1.88 bits per heavy atom. The Morgan fingerprint density at radius 1 is 1.16 bits per heavy atom. The molecule has 3 N–H and O–H groups in total. The number of aliphatic hydroxyl groups is 1. The van der Waals surface area contributed by atoms with Crippen LogP contribution in [-0.2, 0) is 6.54 Å². The van der Waals surface area contributed by atoms with E-state index in [-0.39, 0.29) is 19.8 Å². The standard InChI is InChI=1S/C17H18F2N2O4/c1-24-15-9-11(5-6-14(15)25-8-7-22)10-20-17(23)21-16-12(18)3-2-4-13(16)19/h2-6,9,22H,7-8,10H2,1H3,(H2,20,21,23). The van der Waals surface area contributed by atoms with Crippen molar-refractivity contribution in [3.63, 3.8) is 0 Å². The van der Waals surface area contributed by atoms with E-state index in [9.17, 15) is 13.6 Å². The van der Waals surface area contributed by atoms with Crippen LogP contribution in [0.25, 0.3) is 0 Å². The number of ether oxygens (including phenoxy) is 2. The molecule has 25 heavy (non-hydrogen) atoms. The van der Waals surface area contributed by atoms with Crippen LogP contribution in [0.15, 0.2) is 36.4 Å². The zero-order valence-electron chi connectivity index (χ0n) is 13.5. The lowest BCUT2D eigenvalue weighted by Gasteiger charge is -2.12. The quantitative estimate of drug-likeness (QED) is 0.716. The number of hydrogen-bond donors (Lipinski definition) is 3. The lowest BCUT2D eigenvalue weighted by atomic mass is 10.2. The van der Waals surface area contributed by atoms with Crippen LogP contribution >= 0.6 is 0 Å². The fraction of sp³-hybridized carbons (Fsp3) is 0.235. The highest BCUT2D eigenvalue weighted by molar-refractivity contribution is 5.89. The van der Waals surface area contributed by atoms with Crippen LogP contribution in [0, 0.1) is 11.6 Å². The second-order valence-electron chi connectivity index (χ2n) is 4.96. The molecule has 134 valence electrons. The smallest absolute Gasteiger partial charge is 0.319 e. The summed E-state index contributed by atoms with van der Waals surface area (Å²) in [5.41, 5.74) is 0.183. The Labute approximate surface area is 143 Å². The summed E-state index contributed by atoms with van der Waals surface area (Å²) in [5, 5.41) is 13.4. The van der Waals surface area contributed by atoms with Crippen LogP contribution in [0.3, 0.4) is 0 Å². The van der Waals surface area contributed by atoms with Gasteiger partial charge in [0.2, 0.25) is 0 Å². The predicted octanol–water partition coefficient (Wildman–Crippen LogP) is 2.67. The van der Waals surface area contributed by atoms with E-state index in [2.05, 4.69) is 10.6 Å². The van der Waals surface area contributed by atoms with Gasteiger partial charge in [0.1, 0.15) is 23.9 Å². The molecule has 0 aromatic heterocycles. The van der Waals surface area contributed by atoms with E-state index in [1.54, 1.807) is 18.2 Å². The second-order valence-corrected chi connectivity index (χ2v) is 4.96. The van der Waals surface area contributed by atoms with Crippen molar-refractivity contribution >= 4 is 11.7 Å². The number of hydrogen-bond acceptors (Lipinski definition) is 4. The van der Waals surface area contributed by atoms with Crippen LogP contribution < -0.4 is 20.1 Å². The van der Waals surface area contributed by atoms with E-state index in [1.807, 2.05) is 0 Å². The van der Waals surface area contributed by atoms with Gasteiger partial charge >= 0.3 is 6.03 Å². The number of benzene rings is 2. The highest BCUT2D eigenvalue weighted by Gasteiger charge is 2.12. The molecule has 0 radical (unpaired) electrons. The van der Waals surface area contributed by atoms with Gasteiger partial charge in [-0.2, -0.15) is 0 Å². The van der Waals surface area contributed by atoms with Crippen LogP contribution in [0.1, 0.15) is 5.56 Å². The van der Waals surface area contributed by atoms with E-state index in [0.29, 0.717) is 17.1 Å². The number of carbonyl (C=O) groups excluding carboxylic acids is 1. The highest BCUT2D eigenvalue weighted by atomic mass is 19.1.